The van der Waals surface area contributed by atoms with Gasteiger partial charge in [-0.1, -0.05) is 47.3 Å². The molecule has 4 rings (SSSR count). The molecule has 2 aromatic carbocycles. The third-order valence-electron chi connectivity index (χ3n) is 5.63. The molecule has 0 aromatic heterocycles. The fraction of sp³-hybridized carbons (Fsp3) is 0.333. The van der Waals surface area contributed by atoms with Crippen LogP contribution in [0, 0.1) is 5.82 Å². The molecule has 1 saturated carbocycles. The van der Waals surface area contributed by atoms with Crippen LogP contribution < -0.4 is 9.47 Å². The van der Waals surface area contributed by atoms with Crippen LogP contribution in [-0.4, -0.2) is 36.2 Å². The van der Waals surface area contributed by atoms with Crippen LogP contribution >= 0.6 is 27.7 Å². The number of hydrogen-bond acceptors (Lipinski definition) is 5. The van der Waals surface area contributed by atoms with Crippen LogP contribution in [0.2, 0.25) is 0 Å². The molecule has 2 aromatic rings. The number of carbonyl (C=O) groups excluding carboxylic acids is 1. The van der Waals surface area contributed by atoms with E-state index < -0.39 is 5.82 Å². The van der Waals surface area contributed by atoms with Gasteiger partial charge in [0.2, 0.25) is 0 Å². The van der Waals surface area contributed by atoms with Crippen molar-refractivity contribution in [1.82, 2.24) is 4.90 Å². The maximum atomic E-state index is 14.3. The van der Waals surface area contributed by atoms with Crippen molar-refractivity contribution in [2.45, 2.75) is 38.1 Å². The molecule has 1 saturated heterocycles. The molecule has 0 N–H and O–H groups in total. The molecule has 1 aliphatic carbocycles. The van der Waals surface area contributed by atoms with E-state index in [1.807, 2.05) is 18.2 Å². The van der Waals surface area contributed by atoms with E-state index in [0.717, 1.165) is 35.7 Å². The first kappa shape index (κ1) is 22.9. The second-order valence-electron chi connectivity index (χ2n) is 7.65. The molecule has 0 spiro atoms. The van der Waals surface area contributed by atoms with E-state index in [0.29, 0.717) is 21.6 Å². The zero-order valence-electron chi connectivity index (χ0n) is 17.9. The van der Waals surface area contributed by atoms with Crippen molar-refractivity contribution >= 4 is 50.5 Å². The molecule has 0 atom stereocenters. The summed E-state index contributed by atoms with van der Waals surface area (Å²) >= 11 is 4.83. The number of thioether (sulfide) groups is 1. The normalized spacial score (nSPS) is 19.8. The first-order valence-electron chi connectivity index (χ1n) is 10.5. The molecule has 1 amide bonds. The number of hydrogen-bond donors (Lipinski definition) is 0. The highest BCUT2D eigenvalue weighted by molar-refractivity contribution is 9.10. The smallest absolute Gasteiger partial charge is 0.267 e. The molecule has 1 aliphatic heterocycles. The predicted octanol–water partition coefficient (Wildman–Crippen LogP) is 6.54. The van der Waals surface area contributed by atoms with E-state index in [2.05, 4.69) is 20.9 Å². The Hall–Kier alpha value is -2.32. The van der Waals surface area contributed by atoms with E-state index in [1.165, 1.54) is 24.2 Å². The molecular formula is C24H24BrFN2O3S. The van der Waals surface area contributed by atoms with Crippen molar-refractivity contribution in [3.8, 4) is 11.5 Å². The number of rotatable bonds is 5. The summed E-state index contributed by atoms with van der Waals surface area (Å²) < 4.78 is 25.8. The first-order valence-corrected chi connectivity index (χ1v) is 12.1. The summed E-state index contributed by atoms with van der Waals surface area (Å²) in [6, 6.07) is 10.1. The highest BCUT2D eigenvalue weighted by atomic mass is 79.9. The summed E-state index contributed by atoms with van der Waals surface area (Å²) in [6.07, 6.45) is 7.00. The molecule has 2 fully saturated rings. The Kier molecular flexibility index (Phi) is 7.20. The molecule has 5 nitrogen and oxygen atoms in total. The van der Waals surface area contributed by atoms with Crippen molar-refractivity contribution < 1.29 is 18.7 Å². The second-order valence-corrected chi connectivity index (χ2v) is 9.52. The number of amides is 1. The fourth-order valence-electron chi connectivity index (χ4n) is 3.99. The number of benzene rings is 2. The summed E-state index contributed by atoms with van der Waals surface area (Å²) in [5.41, 5.74) is 1.02. The minimum absolute atomic E-state index is 0.0778. The molecule has 32 heavy (non-hydrogen) atoms. The lowest BCUT2D eigenvalue weighted by Crippen LogP contribution is -2.40. The highest BCUT2D eigenvalue weighted by Crippen LogP contribution is 2.41. The molecule has 0 unspecified atom stereocenters. The van der Waals surface area contributed by atoms with Crippen LogP contribution in [0.1, 0.15) is 37.7 Å². The standard InChI is InChI=1S/C24H24BrFN2O3S/c1-30-20-12-15(17(25)14-21(20)31-2)13-22-23(29)28(16-8-4-3-5-9-16)24(32-22)27-19-11-7-6-10-18(19)26/h6-7,10-14,16H,3-5,8-9H2,1-2H3. The zero-order valence-corrected chi connectivity index (χ0v) is 20.3. The molecule has 8 heteroatoms. The van der Waals surface area contributed by atoms with Crippen molar-refractivity contribution in [2.75, 3.05) is 14.2 Å². The van der Waals surface area contributed by atoms with Gasteiger partial charge in [-0.25, -0.2) is 9.38 Å². The van der Waals surface area contributed by atoms with E-state index in [-0.39, 0.29) is 17.6 Å². The van der Waals surface area contributed by atoms with Gasteiger partial charge < -0.3 is 9.47 Å². The van der Waals surface area contributed by atoms with Gasteiger partial charge >= 0.3 is 0 Å². The van der Waals surface area contributed by atoms with Gasteiger partial charge in [0.05, 0.1) is 19.1 Å². The predicted molar refractivity (Wildman–Crippen MR) is 130 cm³/mol. The summed E-state index contributed by atoms with van der Waals surface area (Å²) in [4.78, 5) is 20.3. The average Bonchev–Trinajstić information content (AvgIpc) is 3.11. The van der Waals surface area contributed by atoms with Gasteiger partial charge in [0.1, 0.15) is 11.5 Å². The van der Waals surface area contributed by atoms with Gasteiger partial charge in [0, 0.05) is 10.5 Å². The Morgan fingerprint density at radius 1 is 1.12 bits per heavy atom. The first-order chi connectivity index (χ1) is 15.5. The second kappa shape index (κ2) is 10.1. The maximum absolute atomic E-state index is 14.3. The van der Waals surface area contributed by atoms with Crippen LogP contribution in [0.25, 0.3) is 6.08 Å². The van der Waals surface area contributed by atoms with E-state index in [1.54, 1.807) is 37.3 Å². The quantitative estimate of drug-likeness (QED) is 0.421. The maximum Gasteiger partial charge on any atom is 0.267 e. The number of para-hydroxylation sites is 1. The Balaban J connectivity index is 1.75. The van der Waals surface area contributed by atoms with Crippen molar-refractivity contribution in [2.24, 2.45) is 4.99 Å². The lowest BCUT2D eigenvalue weighted by atomic mass is 9.94. The Bertz CT molecular complexity index is 1080. The summed E-state index contributed by atoms with van der Waals surface area (Å²) in [6.45, 7) is 0. The monoisotopic (exact) mass is 518 g/mol. The van der Waals surface area contributed by atoms with Crippen LogP contribution in [0.4, 0.5) is 10.1 Å². The molecule has 0 radical (unpaired) electrons. The van der Waals surface area contributed by atoms with E-state index >= 15 is 0 Å². The Labute approximate surface area is 199 Å². The van der Waals surface area contributed by atoms with Gasteiger partial charge in [-0.2, -0.15) is 0 Å². The largest absolute Gasteiger partial charge is 0.493 e. The lowest BCUT2D eigenvalue weighted by molar-refractivity contribution is -0.124. The van der Waals surface area contributed by atoms with Gasteiger partial charge in [0.25, 0.3) is 5.91 Å². The van der Waals surface area contributed by atoms with Crippen molar-refractivity contribution in [3.63, 3.8) is 0 Å². The minimum Gasteiger partial charge on any atom is -0.493 e. The van der Waals surface area contributed by atoms with Crippen LogP contribution in [0.15, 0.2) is 50.8 Å². The number of amidine groups is 1. The molecule has 0 bridgehead atoms. The third kappa shape index (κ3) is 4.71. The Morgan fingerprint density at radius 2 is 1.81 bits per heavy atom. The minimum atomic E-state index is -0.406. The van der Waals surface area contributed by atoms with Crippen LogP contribution in [0.3, 0.4) is 0 Å². The topological polar surface area (TPSA) is 51.1 Å². The number of halogens is 2. The van der Waals surface area contributed by atoms with Gasteiger partial charge in [-0.3, -0.25) is 9.69 Å². The third-order valence-corrected chi connectivity index (χ3v) is 7.30. The fourth-order valence-corrected chi connectivity index (χ4v) is 5.47. The van der Waals surface area contributed by atoms with Crippen LogP contribution in [0.5, 0.6) is 11.5 Å². The summed E-state index contributed by atoms with van der Waals surface area (Å²) in [5, 5.41) is 0.523. The number of ether oxygens (including phenoxy) is 2. The SMILES string of the molecule is COc1cc(Br)c(C=C2SC(=Nc3ccccc3F)N(C3CCCCC3)C2=O)cc1OC. The summed E-state index contributed by atoms with van der Waals surface area (Å²) in [7, 11) is 3.15. The molecule has 2 aliphatic rings. The van der Waals surface area contributed by atoms with E-state index in [9.17, 15) is 9.18 Å². The molecular weight excluding hydrogens is 495 g/mol. The zero-order chi connectivity index (χ0) is 22.7. The highest BCUT2D eigenvalue weighted by Gasteiger charge is 2.39. The molecule has 1 heterocycles. The van der Waals surface area contributed by atoms with E-state index in [4.69, 9.17) is 9.47 Å². The van der Waals surface area contributed by atoms with Crippen LogP contribution in [-0.2, 0) is 4.79 Å². The number of carbonyl (C=O) groups is 1. The Morgan fingerprint density at radius 3 is 2.50 bits per heavy atom. The molecule has 168 valence electrons. The number of aliphatic imine (C=N–C) groups is 1. The average molecular weight is 519 g/mol. The number of nitrogens with zero attached hydrogens (tertiary/aromatic N) is 2. The van der Waals surface area contributed by atoms with Crippen molar-refractivity contribution in [3.05, 3.63) is 57.2 Å². The van der Waals surface area contributed by atoms with Crippen molar-refractivity contribution in [1.29, 1.82) is 0 Å². The van der Waals surface area contributed by atoms with Gasteiger partial charge in [0.15, 0.2) is 16.7 Å². The van der Waals surface area contributed by atoms with Gasteiger partial charge in [-0.15, -0.1) is 0 Å². The number of methoxy groups -OCH3 is 2. The van der Waals surface area contributed by atoms with Gasteiger partial charge in [-0.05, 0) is 60.5 Å². The lowest BCUT2D eigenvalue weighted by Gasteiger charge is -2.30. The summed E-state index contributed by atoms with van der Waals surface area (Å²) in [5.74, 6) is 0.662.